The minimum Gasteiger partial charge on any atom is -0.490 e. The third kappa shape index (κ3) is 5.59. The molecular weight excluding hydrogens is 584 g/mol. The predicted molar refractivity (Wildman–Crippen MR) is 167 cm³/mol. The highest BCUT2D eigenvalue weighted by Gasteiger charge is 2.45. The molecule has 0 aromatic heterocycles. The summed E-state index contributed by atoms with van der Waals surface area (Å²) in [4.78, 5) is 15.8. The number of aryl methyl sites for hydroxylation is 1. The summed E-state index contributed by atoms with van der Waals surface area (Å²) in [5.74, 6) is 0.994. The number of fused-ring (bicyclic) bond motifs is 4. The molecule has 5 aliphatic rings. The number of anilines is 1. The molecule has 5 atom stereocenters. The van der Waals surface area contributed by atoms with Crippen LogP contribution in [0.5, 0.6) is 5.75 Å². The maximum absolute atomic E-state index is 13.6. The predicted octanol–water partition coefficient (Wildman–Crippen LogP) is 6.04. The number of hydrogen-bond donors (Lipinski definition) is 1. The Morgan fingerprint density at radius 2 is 1.91 bits per heavy atom. The molecule has 43 heavy (non-hydrogen) atoms. The third-order valence-corrected chi connectivity index (χ3v) is 12.3. The number of benzene rings is 2. The summed E-state index contributed by atoms with van der Waals surface area (Å²) < 4.78 is 42.3. The lowest BCUT2D eigenvalue weighted by Gasteiger charge is -2.46. The van der Waals surface area contributed by atoms with Crippen LogP contribution in [0.4, 0.5) is 5.69 Å². The number of methoxy groups -OCH3 is 1. The number of carbonyl (C=O) groups is 1. The van der Waals surface area contributed by atoms with Gasteiger partial charge in [0.05, 0.1) is 23.3 Å². The summed E-state index contributed by atoms with van der Waals surface area (Å²) in [5.41, 5.74) is 3.07. The van der Waals surface area contributed by atoms with Gasteiger partial charge < -0.3 is 14.4 Å². The van der Waals surface area contributed by atoms with Crippen molar-refractivity contribution < 1.29 is 22.7 Å². The zero-order chi connectivity index (χ0) is 29.8. The van der Waals surface area contributed by atoms with Crippen LogP contribution >= 0.6 is 11.6 Å². The van der Waals surface area contributed by atoms with Crippen molar-refractivity contribution in [2.75, 3.05) is 31.7 Å². The number of sulfonamides is 1. The molecule has 3 aliphatic carbocycles. The van der Waals surface area contributed by atoms with Crippen LogP contribution in [-0.4, -0.2) is 47.2 Å². The Kier molecular flexibility index (Phi) is 7.75. The number of halogens is 1. The van der Waals surface area contributed by atoms with E-state index in [4.69, 9.17) is 21.1 Å². The second-order valence-electron chi connectivity index (χ2n) is 13.4. The van der Waals surface area contributed by atoms with Crippen LogP contribution in [0.25, 0.3) is 0 Å². The van der Waals surface area contributed by atoms with Gasteiger partial charge in [0.2, 0.25) is 5.91 Å². The van der Waals surface area contributed by atoms with E-state index in [1.807, 2.05) is 6.07 Å². The lowest BCUT2D eigenvalue weighted by molar-refractivity contribution is -0.124. The number of allylic oxidation sites excluding steroid dienone is 1. The topological polar surface area (TPSA) is 84.9 Å². The second kappa shape index (κ2) is 11.4. The van der Waals surface area contributed by atoms with Crippen LogP contribution in [0.1, 0.15) is 62.5 Å². The maximum atomic E-state index is 13.6. The summed E-state index contributed by atoms with van der Waals surface area (Å²) in [5, 5.41) is 0.746. The largest absolute Gasteiger partial charge is 0.490 e. The lowest BCUT2D eigenvalue weighted by Crippen LogP contribution is -2.49. The van der Waals surface area contributed by atoms with E-state index in [9.17, 15) is 13.2 Å². The Balaban J connectivity index is 1.30. The Hall–Kier alpha value is -2.55. The summed E-state index contributed by atoms with van der Waals surface area (Å²) in [6.45, 7) is 2.00. The lowest BCUT2D eigenvalue weighted by atomic mass is 9.68. The van der Waals surface area contributed by atoms with E-state index in [0.717, 1.165) is 68.6 Å². The van der Waals surface area contributed by atoms with Gasteiger partial charge in [-0.15, -0.1) is 0 Å². The molecule has 1 amide bonds. The van der Waals surface area contributed by atoms with E-state index in [1.165, 1.54) is 11.1 Å². The molecule has 2 saturated carbocycles. The van der Waals surface area contributed by atoms with Gasteiger partial charge in [-0.05, 0) is 117 Å². The van der Waals surface area contributed by atoms with Crippen LogP contribution < -0.4 is 14.4 Å². The molecule has 1 N–H and O–H groups in total. The molecule has 9 heteroatoms. The molecule has 0 radical (unpaired) electrons. The fraction of sp³-hybridized carbons (Fsp3) is 0.559. The highest BCUT2D eigenvalue weighted by molar-refractivity contribution is 7.90. The van der Waals surface area contributed by atoms with Crippen LogP contribution in [0.3, 0.4) is 0 Å². The Bertz CT molecular complexity index is 1540. The van der Waals surface area contributed by atoms with Gasteiger partial charge in [-0.25, -0.2) is 13.1 Å². The average molecular weight is 625 g/mol. The van der Waals surface area contributed by atoms with Gasteiger partial charge in [-0.2, -0.15) is 0 Å². The van der Waals surface area contributed by atoms with Gasteiger partial charge in [-0.3, -0.25) is 4.79 Å². The summed E-state index contributed by atoms with van der Waals surface area (Å²) in [6.07, 6.45) is 12.8. The van der Waals surface area contributed by atoms with Crippen molar-refractivity contribution in [3.05, 3.63) is 64.7 Å². The number of hydrogen-bond acceptors (Lipinski definition) is 6. The van der Waals surface area contributed by atoms with Crippen LogP contribution in [0, 0.1) is 23.7 Å². The first-order valence-electron chi connectivity index (χ1n) is 15.8. The highest BCUT2D eigenvalue weighted by Crippen LogP contribution is 2.47. The number of nitrogens with one attached hydrogen (secondary N) is 1. The zero-order valence-electron chi connectivity index (χ0n) is 24.8. The molecule has 2 aromatic rings. The molecule has 230 valence electrons. The van der Waals surface area contributed by atoms with Crippen molar-refractivity contribution in [2.45, 2.75) is 74.2 Å². The molecule has 0 saturated heterocycles. The van der Waals surface area contributed by atoms with Crippen molar-refractivity contribution in [3.8, 4) is 5.75 Å². The normalized spacial score (nSPS) is 32.8. The minimum atomic E-state index is -4.05. The maximum Gasteiger partial charge on any atom is 0.264 e. The summed E-state index contributed by atoms with van der Waals surface area (Å²) >= 11 is 6.41. The molecule has 7 nitrogen and oxygen atoms in total. The fourth-order valence-electron chi connectivity index (χ4n) is 8.05. The van der Waals surface area contributed by atoms with Gasteiger partial charge >= 0.3 is 0 Å². The summed E-state index contributed by atoms with van der Waals surface area (Å²) in [7, 11) is -2.27. The molecule has 0 unspecified atom stereocenters. The quantitative estimate of drug-likeness (QED) is 0.411. The van der Waals surface area contributed by atoms with E-state index >= 15 is 0 Å². The molecule has 2 fully saturated rings. The van der Waals surface area contributed by atoms with Gasteiger partial charge in [0.25, 0.3) is 10.0 Å². The second-order valence-corrected chi connectivity index (χ2v) is 15.5. The van der Waals surface area contributed by atoms with Crippen molar-refractivity contribution in [3.63, 3.8) is 0 Å². The molecule has 7 rings (SSSR count). The number of carbonyl (C=O) groups excluding carboxylic acids is 1. The first-order valence-corrected chi connectivity index (χ1v) is 17.7. The van der Waals surface area contributed by atoms with Gasteiger partial charge in [-0.1, -0.05) is 29.8 Å². The number of ether oxygens (including phenoxy) is 2. The fourth-order valence-corrected chi connectivity index (χ4v) is 9.29. The molecule has 2 heterocycles. The van der Waals surface area contributed by atoms with Gasteiger partial charge in [0, 0.05) is 36.6 Å². The smallest absolute Gasteiger partial charge is 0.264 e. The monoisotopic (exact) mass is 624 g/mol. The van der Waals surface area contributed by atoms with E-state index in [0.29, 0.717) is 37.2 Å². The molecule has 1 spiro atoms. The van der Waals surface area contributed by atoms with E-state index in [2.05, 4.69) is 33.9 Å². The van der Waals surface area contributed by atoms with E-state index in [1.54, 1.807) is 25.3 Å². The van der Waals surface area contributed by atoms with Crippen molar-refractivity contribution in [2.24, 2.45) is 23.7 Å². The number of nitrogens with zero attached hydrogens (tertiary/aromatic N) is 1. The highest BCUT2D eigenvalue weighted by atomic mass is 35.5. The summed E-state index contributed by atoms with van der Waals surface area (Å²) in [6, 6.07) is 11.3. The molecular formula is C34H41ClN2O5S. The van der Waals surface area contributed by atoms with Gasteiger partial charge in [0.15, 0.2) is 0 Å². The first kappa shape index (κ1) is 29.2. The minimum absolute atomic E-state index is 0.0146. The van der Waals surface area contributed by atoms with Crippen LogP contribution in [-0.2, 0) is 31.4 Å². The van der Waals surface area contributed by atoms with Crippen molar-refractivity contribution in [1.29, 1.82) is 0 Å². The van der Waals surface area contributed by atoms with E-state index < -0.39 is 15.9 Å². The molecule has 2 bridgehead atoms. The van der Waals surface area contributed by atoms with Crippen LogP contribution in [0.2, 0.25) is 5.02 Å². The average Bonchev–Trinajstić information content (AvgIpc) is 3.82. The third-order valence-electron chi connectivity index (χ3n) is 10.7. The Morgan fingerprint density at radius 3 is 2.67 bits per heavy atom. The van der Waals surface area contributed by atoms with E-state index in [-0.39, 0.29) is 28.3 Å². The van der Waals surface area contributed by atoms with Crippen molar-refractivity contribution >= 4 is 33.2 Å². The molecule has 2 aliphatic heterocycles. The Labute approximate surface area is 260 Å². The van der Waals surface area contributed by atoms with Gasteiger partial charge in [0.1, 0.15) is 5.75 Å². The standard InChI is InChI=1S/C34H41ClN2O5S/c1-41-31-7-3-2-6-28(22-8-9-22)33(38)36-43(39,40)26-12-15-32-30(18-26)37(19-24-10-13-27(24)31)20-34(21-42-32)16-4-5-23-17-25(35)11-14-29(23)34/h3,7,11-12,14-15,17-18,22,24,27-28,31H,2,4-6,8-10,13,16,19-21H2,1H3,(H,36,38)/b7-3+/t24-,27+,28-,31+,34-/m0/s1. The molecule has 2 aromatic carbocycles. The van der Waals surface area contributed by atoms with Crippen LogP contribution in [0.15, 0.2) is 53.4 Å². The van der Waals surface area contributed by atoms with Crippen molar-refractivity contribution in [1.82, 2.24) is 4.72 Å². The zero-order valence-corrected chi connectivity index (χ0v) is 26.3. The number of amides is 1. The Morgan fingerprint density at radius 1 is 1.07 bits per heavy atom. The first-order chi connectivity index (χ1) is 20.8. The number of rotatable bonds is 2. The SMILES string of the molecule is CO[C@@H]1/C=C/CC[C@@H](C2CC2)C(=O)NS(=O)(=O)c2ccc3c(c2)N(C[C@@H]2CC[C@H]21)C[C@@]1(CCCc2cc(Cl)ccc21)CO3.